The molecule has 0 saturated carbocycles. The number of ether oxygens (including phenoxy) is 1. The number of benzene rings is 1. The summed E-state index contributed by atoms with van der Waals surface area (Å²) < 4.78 is 13.0. The lowest BCUT2D eigenvalue weighted by Gasteiger charge is -2.10. The van der Waals surface area contributed by atoms with E-state index < -0.39 is 0 Å². The van der Waals surface area contributed by atoms with Gasteiger partial charge < -0.3 is 19.0 Å². The van der Waals surface area contributed by atoms with Crippen LogP contribution in [-0.4, -0.2) is 26.4 Å². The van der Waals surface area contributed by atoms with Crippen LogP contribution in [0.1, 0.15) is 24.1 Å². The lowest BCUT2D eigenvalue weighted by atomic mass is 10.2. The number of carbonyl (C=O) groups is 1. The van der Waals surface area contributed by atoms with Crippen molar-refractivity contribution in [1.82, 2.24) is 20.1 Å². The number of halogens is 1. The van der Waals surface area contributed by atoms with Crippen LogP contribution in [-0.2, 0) is 24.5 Å². The number of hydrogen-bond donors (Lipinski definition) is 1. The summed E-state index contributed by atoms with van der Waals surface area (Å²) in [6.07, 6.45) is 1.58. The molecule has 3 rings (SSSR count). The Labute approximate surface area is 172 Å². The first-order valence-electron chi connectivity index (χ1n) is 8.79. The second-order valence-corrected chi connectivity index (χ2v) is 7.37. The van der Waals surface area contributed by atoms with Gasteiger partial charge in [0.1, 0.15) is 18.1 Å². The summed E-state index contributed by atoms with van der Waals surface area (Å²) in [6, 6.07) is 9.08. The zero-order valence-corrected chi connectivity index (χ0v) is 17.2. The number of carbonyl (C=O) groups excluding carboxylic acids is 1. The molecule has 0 unspecified atom stereocenters. The highest BCUT2D eigenvalue weighted by atomic mass is 35.5. The molecule has 0 aliphatic carbocycles. The largest absolute Gasteiger partial charge is 0.485 e. The third-order valence-electron chi connectivity index (χ3n) is 3.98. The first kappa shape index (κ1) is 20.3. The Morgan fingerprint density at radius 1 is 1.36 bits per heavy atom. The van der Waals surface area contributed by atoms with Gasteiger partial charge in [-0.3, -0.25) is 4.79 Å². The fourth-order valence-electron chi connectivity index (χ4n) is 2.55. The highest BCUT2D eigenvalue weighted by molar-refractivity contribution is 7.99. The van der Waals surface area contributed by atoms with E-state index in [9.17, 15) is 4.79 Å². The number of hydrogen-bond acceptors (Lipinski definition) is 6. The SMILES string of the molecule is CCn1c(COc2ccc(Cl)cc2C)nnc1SCC(=O)NCc1ccco1. The minimum Gasteiger partial charge on any atom is -0.485 e. The molecule has 148 valence electrons. The third kappa shape index (κ3) is 5.30. The summed E-state index contributed by atoms with van der Waals surface area (Å²) in [5, 5.41) is 12.6. The summed E-state index contributed by atoms with van der Waals surface area (Å²) >= 11 is 7.31. The average molecular weight is 421 g/mol. The predicted octanol–water partition coefficient (Wildman–Crippen LogP) is 3.84. The number of rotatable bonds is 9. The molecule has 0 aliphatic rings. The fourth-order valence-corrected chi connectivity index (χ4v) is 3.63. The molecule has 7 nitrogen and oxygen atoms in total. The van der Waals surface area contributed by atoms with Crippen LogP contribution in [0.5, 0.6) is 5.75 Å². The molecule has 1 aromatic carbocycles. The highest BCUT2D eigenvalue weighted by Crippen LogP contribution is 2.23. The zero-order chi connectivity index (χ0) is 19.9. The quantitative estimate of drug-likeness (QED) is 0.529. The summed E-state index contributed by atoms with van der Waals surface area (Å²) in [4.78, 5) is 12.0. The topological polar surface area (TPSA) is 82.2 Å². The maximum absolute atomic E-state index is 12.0. The van der Waals surface area contributed by atoms with Crippen LogP contribution in [0.15, 0.2) is 46.2 Å². The molecule has 2 aromatic heterocycles. The van der Waals surface area contributed by atoms with Crippen LogP contribution >= 0.6 is 23.4 Å². The Bertz CT molecular complexity index is 927. The van der Waals surface area contributed by atoms with Crippen molar-refractivity contribution in [3.8, 4) is 5.75 Å². The summed E-state index contributed by atoms with van der Waals surface area (Å²) in [7, 11) is 0. The molecular formula is C19H21ClN4O3S. The van der Waals surface area contributed by atoms with Crippen molar-refractivity contribution in [3.05, 3.63) is 58.8 Å². The Hall–Kier alpha value is -2.45. The van der Waals surface area contributed by atoms with Crippen LogP contribution in [0.2, 0.25) is 5.02 Å². The Kier molecular flexibility index (Phi) is 7.00. The molecule has 0 aliphatic heterocycles. The lowest BCUT2D eigenvalue weighted by molar-refractivity contribution is -0.118. The summed E-state index contributed by atoms with van der Waals surface area (Å²) in [5.74, 6) is 2.32. The zero-order valence-electron chi connectivity index (χ0n) is 15.6. The number of thioether (sulfide) groups is 1. The van der Waals surface area contributed by atoms with Crippen molar-refractivity contribution in [3.63, 3.8) is 0 Å². The fraction of sp³-hybridized carbons (Fsp3) is 0.316. The molecule has 0 saturated heterocycles. The number of aromatic nitrogens is 3. The minimum atomic E-state index is -0.0957. The van der Waals surface area contributed by atoms with Gasteiger partial charge in [-0.25, -0.2) is 0 Å². The van der Waals surface area contributed by atoms with E-state index in [0.717, 1.165) is 11.3 Å². The molecule has 9 heteroatoms. The third-order valence-corrected chi connectivity index (χ3v) is 5.18. The second-order valence-electron chi connectivity index (χ2n) is 5.99. The maximum atomic E-state index is 12.0. The monoisotopic (exact) mass is 420 g/mol. The van der Waals surface area contributed by atoms with Crippen molar-refractivity contribution in [1.29, 1.82) is 0 Å². The van der Waals surface area contributed by atoms with E-state index in [0.29, 0.717) is 34.9 Å². The van der Waals surface area contributed by atoms with Crippen molar-refractivity contribution in [2.75, 3.05) is 5.75 Å². The van der Waals surface area contributed by atoms with Gasteiger partial charge in [0.25, 0.3) is 0 Å². The summed E-state index contributed by atoms with van der Waals surface area (Å²) in [6.45, 7) is 5.28. The van der Waals surface area contributed by atoms with Gasteiger partial charge in [0.05, 0.1) is 18.6 Å². The number of nitrogens with one attached hydrogen (secondary N) is 1. The molecule has 2 heterocycles. The van der Waals surface area contributed by atoms with Gasteiger partial charge in [-0.15, -0.1) is 10.2 Å². The maximum Gasteiger partial charge on any atom is 0.230 e. The van der Waals surface area contributed by atoms with Gasteiger partial charge >= 0.3 is 0 Å². The van der Waals surface area contributed by atoms with E-state index in [1.807, 2.05) is 36.6 Å². The van der Waals surface area contributed by atoms with Gasteiger partial charge in [0, 0.05) is 11.6 Å². The van der Waals surface area contributed by atoms with Crippen LogP contribution in [0.3, 0.4) is 0 Å². The predicted molar refractivity (Wildman–Crippen MR) is 107 cm³/mol. The first-order chi connectivity index (χ1) is 13.6. The van der Waals surface area contributed by atoms with E-state index >= 15 is 0 Å². The number of amides is 1. The summed E-state index contributed by atoms with van der Waals surface area (Å²) in [5.41, 5.74) is 0.956. The van der Waals surface area contributed by atoms with Crippen LogP contribution in [0, 0.1) is 6.92 Å². The number of furan rings is 1. The normalized spacial score (nSPS) is 10.8. The number of nitrogens with zero attached hydrogens (tertiary/aromatic N) is 3. The van der Waals surface area contributed by atoms with Gasteiger partial charge in [-0.1, -0.05) is 23.4 Å². The molecule has 0 spiro atoms. The van der Waals surface area contributed by atoms with Crippen molar-refractivity contribution < 1.29 is 13.9 Å². The first-order valence-corrected chi connectivity index (χ1v) is 10.2. The van der Waals surface area contributed by atoms with Gasteiger partial charge in [-0.2, -0.15) is 0 Å². The Morgan fingerprint density at radius 3 is 2.93 bits per heavy atom. The average Bonchev–Trinajstić information content (AvgIpc) is 3.33. The Balaban J connectivity index is 1.54. The molecule has 3 aromatic rings. The minimum absolute atomic E-state index is 0.0957. The molecule has 0 fully saturated rings. The smallest absolute Gasteiger partial charge is 0.230 e. The van der Waals surface area contributed by atoms with Gasteiger partial charge in [0.2, 0.25) is 5.91 Å². The van der Waals surface area contributed by atoms with Crippen LogP contribution < -0.4 is 10.1 Å². The molecule has 0 radical (unpaired) electrons. The number of aryl methyl sites for hydroxylation is 1. The van der Waals surface area contributed by atoms with E-state index in [4.69, 9.17) is 20.8 Å². The van der Waals surface area contributed by atoms with E-state index in [2.05, 4.69) is 15.5 Å². The molecule has 28 heavy (non-hydrogen) atoms. The van der Waals surface area contributed by atoms with Crippen molar-refractivity contribution in [2.45, 2.75) is 38.7 Å². The van der Waals surface area contributed by atoms with Gasteiger partial charge in [0.15, 0.2) is 11.0 Å². The second kappa shape index (κ2) is 9.66. The molecular weight excluding hydrogens is 400 g/mol. The van der Waals surface area contributed by atoms with E-state index in [-0.39, 0.29) is 18.3 Å². The molecule has 1 N–H and O–H groups in total. The van der Waals surface area contributed by atoms with Crippen molar-refractivity contribution in [2.24, 2.45) is 0 Å². The standard InChI is InChI=1S/C19H21ClN4O3S/c1-3-24-17(11-27-16-7-6-14(20)9-13(16)2)22-23-19(24)28-12-18(25)21-10-15-5-4-8-26-15/h4-9H,3,10-12H2,1-2H3,(H,21,25). The molecule has 0 bridgehead atoms. The van der Waals surface area contributed by atoms with Gasteiger partial charge in [-0.05, 0) is 49.7 Å². The van der Waals surface area contributed by atoms with E-state index in [1.54, 1.807) is 18.4 Å². The van der Waals surface area contributed by atoms with Crippen LogP contribution in [0.4, 0.5) is 0 Å². The molecule has 0 atom stereocenters. The van der Waals surface area contributed by atoms with Crippen LogP contribution in [0.25, 0.3) is 0 Å². The molecule has 1 amide bonds. The van der Waals surface area contributed by atoms with Crippen molar-refractivity contribution >= 4 is 29.3 Å². The van der Waals surface area contributed by atoms with E-state index in [1.165, 1.54) is 11.8 Å². The highest BCUT2D eigenvalue weighted by Gasteiger charge is 2.14. The Morgan fingerprint density at radius 2 is 2.21 bits per heavy atom. The lowest BCUT2D eigenvalue weighted by Crippen LogP contribution is -2.24.